The molecule has 1 unspecified atom stereocenters. The van der Waals surface area contributed by atoms with E-state index in [9.17, 15) is 18.4 Å². The summed E-state index contributed by atoms with van der Waals surface area (Å²) in [7, 11) is 0. The molecule has 5 nitrogen and oxygen atoms in total. The van der Waals surface area contributed by atoms with Crippen LogP contribution in [0.3, 0.4) is 0 Å². The van der Waals surface area contributed by atoms with Crippen molar-refractivity contribution < 1.29 is 23.5 Å². The van der Waals surface area contributed by atoms with Crippen LogP contribution < -0.4 is 5.32 Å². The van der Waals surface area contributed by atoms with Crippen molar-refractivity contribution in [3.63, 3.8) is 0 Å². The molecule has 0 radical (unpaired) electrons. The van der Waals surface area contributed by atoms with Crippen LogP contribution in [-0.4, -0.2) is 28.0 Å². The molecule has 98 valence electrons. The Bertz CT molecular complexity index is 452. The standard InChI is InChI=1S/C11H12F2N2O3/c1-2-7(11(17)18)15-10(16)8-6(9(12)13)4-3-5-14-8/h3-5,7,9H,2H2,1H3,(H,15,16)(H,17,18). The Morgan fingerprint density at radius 3 is 2.67 bits per heavy atom. The SMILES string of the molecule is CCC(NC(=O)c1ncccc1C(F)F)C(=O)O. The second kappa shape index (κ2) is 6.04. The minimum atomic E-state index is -2.84. The van der Waals surface area contributed by atoms with Crippen LogP contribution in [0, 0.1) is 0 Å². The number of nitrogens with one attached hydrogen (secondary N) is 1. The average Bonchev–Trinajstić information content (AvgIpc) is 2.35. The molecule has 2 N–H and O–H groups in total. The van der Waals surface area contributed by atoms with E-state index in [-0.39, 0.29) is 6.42 Å². The van der Waals surface area contributed by atoms with Gasteiger partial charge in [0.1, 0.15) is 11.7 Å². The summed E-state index contributed by atoms with van der Waals surface area (Å²) in [4.78, 5) is 26.0. The van der Waals surface area contributed by atoms with Crippen LogP contribution in [0.15, 0.2) is 18.3 Å². The number of carbonyl (C=O) groups excluding carboxylic acids is 1. The number of aliphatic carboxylic acids is 1. The van der Waals surface area contributed by atoms with Crippen LogP contribution in [0.1, 0.15) is 35.8 Å². The molecular formula is C11H12F2N2O3. The molecule has 0 aromatic carbocycles. The molecule has 1 heterocycles. The number of hydrogen-bond donors (Lipinski definition) is 2. The van der Waals surface area contributed by atoms with E-state index < -0.39 is 35.6 Å². The molecule has 0 aliphatic heterocycles. The Morgan fingerprint density at radius 1 is 1.50 bits per heavy atom. The van der Waals surface area contributed by atoms with Gasteiger partial charge < -0.3 is 10.4 Å². The van der Waals surface area contributed by atoms with E-state index in [1.807, 2.05) is 0 Å². The maximum Gasteiger partial charge on any atom is 0.326 e. The molecule has 1 aromatic rings. The summed E-state index contributed by atoms with van der Waals surface area (Å²) in [6.07, 6.45) is -1.50. The third kappa shape index (κ3) is 3.22. The summed E-state index contributed by atoms with van der Waals surface area (Å²) in [5, 5.41) is 10.9. The number of carboxylic acid groups (broad SMARTS) is 1. The molecule has 1 amide bonds. The molecule has 1 rings (SSSR count). The molecule has 0 aliphatic rings. The Kier molecular flexibility index (Phi) is 4.70. The van der Waals surface area contributed by atoms with Gasteiger partial charge in [-0.05, 0) is 18.6 Å². The number of nitrogens with zero attached hydrogens (tertiary/aromatic N) is 1. The summed E-state index contributed by atoms with van der Waals surface area (Å²) in [6, 6.07) is 1.24. The quantitative estimate of drug-likeness (QED) is 0.841. The molecule has 0 bridgehead atoms. The zero-order chi connectivity index (χ0) is 13.7. The number of hydrogen-bond acceptors (Lipinski definition) is 3. The first-order valence-corrected chi connectivity index (χ1v) is 5.24. The van der Waals surface area contributed by atoms with E-state index in [1.54, 1.807) is 6.92 Å². The summed E-state index contributed by atoms with van der Waals surface area (Å²) >= 11 is 0. The first-order valence-electron chi connectivity index (χ1n) is 5.24. The lowest BCUT2D eigenvalue weighted by molar-refractivity contribution is -0.139. The molecule has 0 spiro atoms. The zero-order valence-corrected chi connectivity index (χ0v) is 9.56. The van der Waals surface area contributed by atoms with Crippen molar-refractivity contribution in [2.75, 3.05) is 0 Å². The van der Waals surface area contributed by atoms with Crippen LogP contribution >= 0.6 is 0 Å². The van der Waals surface area contributed by atoms with Gasteiger partial charge in [-0.15, -0.1) is 0 Å². The van der Waals surface area contributed by atoms with E-state index in [2.05, 4.69) is 10.3 Å². The molecule has 7 heteroatoms. The highest BCUT2D eigenvalue weighted by molar-refractivity contribution is 5.96. The number of aromatic nitrogens is 1. The van der Waals surface area contributed by atoms with Gasteiger partial charge in [0, 0.05) is 11.8 Å². The average molecular weight is 258 g/mol. The van der Waals surface area contributed by atoms with E-state index >= 15 is 0 Å². The minimum Gasteiger partial charge on any atom is -0.480 e. The normalized spacial score (nSPS) is 12.2. The molecule has 1 aromatic heterocycles. The molecule has 0 fully saturated rings. The van der Waals surface area contributed by atoms with Crippen LogP contribution in [0.25, 0.3) is 0 Å². The predicted molar refractivity (Wildman–Crippen MR) is 58.4 cm³/mol. The molecule has 1 atom stereocenters. The van der Waals surface area contributed by atoms with Crippen molar-refractivity contribution in [3.05, 3.63) is 29.6 Å². The smallest absolute Gasteiger partial charge is 0.326 e. The first-order chi connectivity index (χ1) is 8.47. The highest BCUT2D eigenvalue weighted by Crippen LogP contribution is 2.21. The largest absolute Gasteiger partial charge is 0.480 e. The summed E-state index contributed by atoms with van der Waals surface area (Å²) in [5.74, 6) is -2.14. The number of carboxylic acids is 1. The zero-order valence-electron chi connectivity index (χ0n) is 9.56. The van der Waals surface area contributed by atoms with Gasteiger partial charge >= 0.3 is 5.97 Å². The van der Waals surface area contributed by atoms with Crippen molar-refractivity contribution >= 4 is 11.9 Å². The van der Waals surface area contributed by atoms with E-state index in [4.69, 9.17) is 5.11 Å². The first kappa shape index (κ1) is 14.0. The molecule has 18 heavy (non-hydrogen) atoms. The fraction of sp³-hybridized carbons (Fsp3) is 0.364. The van der Waals surface area contributed by atoms with Gasteiger partial charge in [0.05, 0.1) is 0 Å². The third-order valence-electron chi connectivity index (χ3n) is 2.30. The van der Waals surface area contributed by atoms with Gasteiger partial charge in [-0.1, -0.05) is 6.92 Å². The number of rotatable bonds is 5. The molecular weight excluding hydrogens is 246 g/mol. The highest BCUT2D eigenvalue weighted by Gasteiger charge is 2.23. The number of halogens is 2. The Labute approximate surface area is 102 Å². The second-order valence-corrected chi connectivity index (χ2v) is 3.51. The fourth-order valence-electron chi connectivity index (χ4n) is 1.35. The molecule has 0 saturated carbocycles. The Hall–Kier alpha value is -2.05. The van der Waals surface area contributed by atoms with E-state index in [1.165, 1.54) is 12.3 Å². The Morgan fingerprint density at radius 2 is 2.17 bits per heavy atom. The third-order valence-corrected chi connectivity index (χ3v) is 2.30. The van der Waals surface area contributed by atoms with Gasteiger partial charge in [0.25, 0.3) is 12.3 Å². The van der Waals surface area contributed by atoms with Crippen LogP contribution in [-0.2, 0) is 4.79 Å². The predicted octanol–water partition coefficient (Wildman–Crippen LogP) is 1.61. The maximum absolute atomic E-state index is 12.6. The number of carbonyl (C=O) groups is 2. The summed E-state index contributed by atoms with van der Waals surface area (Å²) in [5.41, 5.74) is -0.970. The van der Waals surface area contributed by atoms with Crippen LogP contribution in [0.2, 0.25) is 0 Å². The van der Waals surface area contributed by atoms with Gasteiger partial charge in [-0.3, -0.25) is 9.78 Å². The van der Waals surface area contributed by atoms with Crippen molar-refractivity contribution in [2.45, 2.75) is 25.8 Å². The summed E-state index contributed by atoms with van der Waals surface area (Å²) in [6.45, 7) is 1.56. The molecule has 0 aliphatic carbocycles. The highest BCUT2D eigenvalue weighted by atomic mass is 19.3. The molecule has 0 saturated heterocycles. The van der Waals surface area contributed by atoms with Crippen molar-refractivity contribution in [3.8, 4) is 0 Å². The Balaban J connectivity index is 2.94. The lowest BCUT2D eigenvalue weighted by Crippen LogP contribution is -2.40. The lowest BCUT2D eigenvalue weighted by Gasteiger charge is -2.13. The van der Waals surface area contributed by atoms with Crippen LogP contribution in [0.5, 0.6) is 0 Å². The van der Waals surface area contributed by atoms with Gasteiger partial charge in [0.15, 0.2) is 0 Å². The van der Waals surface area contributed by atoms with E-state index in [0.717, 1.165) is 6.07 Å². The number of alkyl halides is 2. The fourth-order valence-corrected chi connectivity index (χ4v) is 1.35. The number of pyridine rings is 1. The number of amides is 1. The van der Waals surface area contributed by atoms with E-state index in [0.29, 0.717) is 0 Å². The van der Waals surface area contributed by atoms with Crippen molar-refractivity contribution in [2.24, 2.45) is 0 Å². The topological polar surface area (TPSA) is 79.3 Å². The second-order valence-electron chi connectivity index (χ2n) is 3.51. The monoisotopic (exact) mass is 258 g/mol. The maximum atomic E-state index is 12.6. The van der Waals surface area contributed by atoms with Crippen molar-refractivity contribution in [1.82, 2.24) is 10.3 Å². The minimum absolute atomic E-state index is 0.151. The lowest BCUT2D eigenvalue weighted by atomic mass is 10.1. The van der Waals surface area contributed by atoms with Gasteiger partial charge in [0.2, 0.25) is 0 Å². The summed E-state index contributed by atoms with van der Waals surface area (Å²) < 4.78 is 25.3. The van der Waals surface area contributed by atoms with Crippen LogP contribution in [0.4, 0.5) is 8.78 Å². The van der Waals surface area contributed by atoms with Crippen molar-refractivity contribution in [1.29, 1.82) is 0 Å². The van der Waals surface area contributed by atoms with Gasteiger partial charge in [-0.2, -0.15) is 0 Å². The van der Waals surface area contributed by atoms with Gasteiger partial charge in [-0.25, -0.2) is 13.6 Å².